The van der Waals surface area contributed by atoms with E-state index in [2.05, 4.69) is 36.1 Å². The molecule has 0 atom stereocenters. The van der Waals surface area contributed by atoms with Crippen molar-refractivity contribution < 1.29 is 13.2 Å². The predicted octanol–water partition coefficient (Wildman–Crippen LogP) is 4.45. The van der Waals surface area contributed by atoms with Gasteiger partial charge in [0.25, 0.3) is 0 Å². The van der Waals surface area contributed by atoms with Crippen LogP contribution in [0, 0.1) is 0 Å². The molecule has 0 aliphatic rings. The fourth-order valence-electron chi connectivity index (χ4n) is 1.94. The second-order valence-corrected chi connectivity index (χ2v) is 5.33. The quantitative estimate of drug-likeness (QED) is 0.637. The van der Waals surface area contributed by atoms with E-state index in [0.717, 1.165) is 0 Å². The molecule has 21 heavy (non-hydrogen) atoms. The molecule has 3 rings (SSSR count). The Labute approximate surface area is 129 Å². The van der Waals surface area contributed by atoms with Crippen LogP contribution in [0.5, 0.6) is 0 Å². The maximum Gasteiger partial charge on any atom is 0.420 e. The van der Waals surface area contributed by atoms with E-state index in [-0.39, 0.29) is 16.7 Å². The summed E-state index contributed by atoms with van der Waals surface area (Å²) in [5.41, 5.74) is -0.689. The second kappa shape index (κ2) is 4.96. The largest absolute Gasteiger partial charge is 0.420 e. The normalized spacial score (nSPS) is 12.0. The SMILES string of the molecule is FC(F)(F)c1cnc(Cl)nc1-c1n[nH]c2c(Br)cccc12. The zero-order valence-electron chi connectivity index (χ0n) is 10.0. The minimum atomic E-state index is -4.60. The van der Waals surface area contributed by atoms with E-state index >= 15 is 0 Å². The highest BCUT2D eigenvalue weighted by atomic mass is 79.9. The highest BCUT2D eigenvalue weighted by molar-refractivity contribution is 9.10. The summed E-state index contributed by atoms with van der Waals surface area (Å²) in [4.78, 5) is 7.10. The third-order valence-corrected chi connectivity index (χ3v) is 3.68. The van der Waals surface area contributed by atoms with Gasteiger partial charge in [0.1, 0.15) is 17.0 Å². The molecular formula is C12H5BrClF3N4. The molecular weight excluding hydrogens is 373 g/mol. The van der Waals surface area contributed by atoms with Crippen LogP contribution in [0.1, 0.15) is 5.56 Å². The predicted molar refractivity (Wildman–Crippen MR) is 74.8 cm³/mol. The zero-order chi connectivity index (χ0) is 15.2. The number of fused-ring (bicyclic) bond motifs is 1. The minimum absolute atomic E-state index is 0.0722. The summed E-state index contributed by atoms with van der Waals surface area (Å²) in [6.07, 6.45) is -3.94. The summed E-state index contributed by atoms with van der Waals surface area (Å²) in [7, 11) is 0. The van der Waals surface area contributed by atoms with Gasteiger partial charge in [-0.25, -0.2) is 9.97 Å². The van der Waals surface area contributed by atoms with Crippen molar-refractivity contribution >= 4 is 38.4 Å². The summed E-state index contributed by atoms with van der Waals surface area (Å²) in [6, 6.07) is 5.10. The Morgan fingerprint density at radius 3 is 2.67 bits per heavy atom. The molecule has 4 nitrogen and oxygen atoms in total. The van der Waals surface area contributed by atoms with Crippen molar-refractivity contribution in [2.75, 3.05) is 0 Å². The van der Waals surface area contributed by atoms with Crippen LogP contribution >= 0.6 is 27.5 Å². The molecule has 0 aliphatic carbocycles. The van der Waals surface area contributed by atoms with Gasteiger partial charge in [0.05, 0.1) is 5.52 Å². The molecule has 2 aromatic heterocycles. The van der Waals surface area contributed by atoms with Gasteiger partial charge in [0, 0.05) is 16.1 Å². The maximum absolute atomic E-state index is 13.1. The standard InChI is InChI=1S/C12H5BrClF3N4/c13-7-3-1-2-5-8(7)20-21-9(5)10-6(12(15,16)17)4-18-11(14)19-10/h1-4H,(H,20,21). The van der Waals surface area contributed by atoms with Gasteiger partial charge in [-0.05, 0) is 33.6 Å². The van der Waals surface area contributed by atoms with Crippen LogP contribution in [0.15, 0.2) is 28.9 Å². The molecule has 1 N–H and O–H groups in total. The number of aromatic nitrogens is 4. The van der Waals surface area contributed by atoms with Gasteiger partial charge in [0.2, 0.25) is 5.28 Å². The first kappa shape index (κ1) is 14.3. The second-order valence-electron chi connectivity index (χ2n) is 4.13. The molecule has 0 aliphatic heterocycles. The highest BCUT2D eigenvalue weighted by Gasteiger charge is 2.36. The number of H-pyrrole nitrogens is 1. The lowest BCUT2D eigenvalue weighted by molar-refractivity contribution is -0.137. The summed E-state index contributed by atoms with van der Waals surface area (Å²) in [5, 5.41) is 6.85. The Morgan fingerprint density at radius 2 is 1.95 bits per heavy atom. The first-order valence-electron chi connectivity index (χ1n) is 5.60. The average molecular weight is 378 g/mol. The van der Waals surface area contributed by atoms with Gasteiger partial charge in [0.15, 0.2) is 0 Å². The monoisotopic (exact) mass is 376 g/mol. The molecule has 0 amide bonds. The smallest absolute Gasteiger partial charge is 0.276 e. The molecule has 0 fully saturated rings. The molecule has 9 heteroatoms. The average Bonchev–Trinajstić information content (AvgIpc) is 2.82. The maximum atomic E-state index is 13.1. The number of halogens is 5. The Balaban J connectivity index is 2.33. The molecule has 0 radical (unpaired) electrons. The van der Waals surface area contributed by atoms with Crippen LogP contribution in [0.25, 0.3) is 22.3 Å². The summed E-state index contributed by atoms with van der Waals surface area (Å²) < 4.78 is 39.9. The Bertz CT molecular complexity index is 831. The van der Waals surface area contributed by atoms with Crippen LogP contribution < -0.4 is 0 Å². The lowest BCUT2D eigenvalue weighted by Gasteiger charge is -2.10. The van der Waals surface area contributed by atoms with Crippen LogP contribution in [-0.4, -0.2) is 20.2 Å². The summed E-state index contributed by atoms with van der Waals surface area (Å²) in [5.74, 6) is 0. The number of nitrogens with one attached hydrogen (secondary N) is 1. The molecule has 2 heterocycles. The number of nitrogens with zero attached hydrogens (tertiary/aromatic N) is 3. The molecule has 0 saturated carbocycles. The van der Waals surface area contributed by atoms with Gasteiger partial charge >= 0.3 is 6.18 Å². The van der Waals surface area contributed by atoms with E-state index < -0.39 is 11.7 Å². The Hall–Kier alpha value is -1.67. The highest BCUT2D eigenvalue weighted by Crippen LogP contribution is 2.38. The van der Waals surface area contributed by atoms with Gasteiger partial charge < -0.3 is 0 Å². The van der Waals surface area contributed by atoms with Crippen molar-refractivity contribution in [2.45, 2.75) is 6.18 Å². The number of hydrogen-bond acceptors (Lipinski definition) is 3. The van der Waals surface area contributed by atoms with Crippen molar-refractivity contribution in [1.29, 1.82) is 0 Å². The molecule has 0 spiro atoms. The molecule has 3 aromatic rings. The van der Waals surface area contributed by atoms with E-state index in [1.165, 1.54) is 0 Å². The van der Waals surface area contributed by atoms with E-state index in [0.29, 0.717) is 21.6 Å². The molecule has 108 valence electrons. The van der Waals surface area contributed by atoms with Crippen molar-refractivity contribution in [1.82, 2.24) is 20.2 Å². The van der Waals surface area contributed by atoms with E-state index in [1.807, 2.05) is 0 Å². The van der Waals surface area contributed by atoms with Gasteiger partial charge in [-0.2, -0.15) is 18.3 Å². The topological polar surface area (TPSA) is 54.5 Å². The van der Waals surface area contributed by atoms with Crippen LogP contribution in [0.2, 0.25) is 5.28 Å². The molecule has 0 bridgehead atoms. The number of alkyl halides is 3. The fourth-order valence-corrected chi connectivity index (χ4v) is 2.52. The number of hydrogen-bond donors (Lipinski definition) is 1. The van der Waals surface area contributed by atoms with E-state index in [9.17, 15) is 13.2 Å². The van der Waals surface area contributed by atoms with Gasteiger partial charge in [-0.3, -0.25) is 5.10 Å². The first-order valence-corrected chi connectivity index (χ1v) is 6.77. The number of aromatic amines is 1. The van der Waals surface area contributed by atoms with Crippen molar-refractivity contribution in [3.63, 3.8) is 0 Å². The Kier molecular flexibility index (Phi) is 3.37. The lowest BCUT2D eigenvalue weighted by atomic mass is 10.1. The zero-order valence-corrected chi connectivity index (χ0v) is 12.4. The molecule has 1 aromatic carbocycles. The van der Waals surface area contributed by atoms with Crippen molar-refractivity contribution in [3.8, 4) is 11.4 Å². The third kappa shape index (κ3) is 2.49. The van der Waals surface area contributed by atoms with E-state index in [1.54, 1.807) is 18.2 Å². The van der Waals surface area contributed by atoms with E-state index in [4.69, 9.17) is 11.6 Å². The van der Waals surface area contributed by atoms with Gasteiger partial charge in [-0.15, -0.1) is 0 Å². The van der Waals surface area contributed by atoms with Crippen LogP contribution in [0.3, 0.4) is 0 Å². The lowest BCUT2D eigenvalue weighted by Crippen LogP contribution is -2.10. The molecule has 0 unspecified atom stereocenters. The summed E-state index contributed by atoms with van der Waals surface area (Å²) in [6.45, 7) is 0. The third-order valence-electron chi connectivity index (χ3n) is 2.84. The van der Waals surface area contributed by atoms with Crippen LogP contribution in [0.4, 0.5) is 13.2 Å². The van der Waals surface area contributed by atoms with Gasteiger partial charge in [-0.1, -0.05) is 12.1 Å². The van der Waals surface area contributed by atoms with Crippen molar-refractivity contribution in [2.24, 2.45) is 0 Å². The van der Waals surface area contributed by atoms with Crippen molar-refractivity contribution in [3.05, 3.63) is 39.7 Å². The number of rotatable bonds is 1. The van der Waals surface area contributed by atoms with Crippen LogP contribution in [-0.2, 0) is 6.18 Å². The minimum Gasteiger partial charge on any atom is -0.276 e. The first-order chi connectivity index (χ1) is 9.88. The number of para-hydroxylation sites is 1. The Morgan fingerprint density at radius 1 is 1.19 bits per heavy atom. The number of benzene rings is 1. The summed E-state index contributed by atoms with van der Waals surface area (Å²) >= 11 is 8.93. The fraction of sp³-hybridized carbons (Fsp3) is 0.0833. The molecule has 0 saturated heterocycles.